The Kier molecular flexibility index (Phi) is 5.66. The van der Waals surface area contributed by atoms with Crippen molar-refractivity contribution in [3.8, 4) is 0 Å². The van der Waals surface area contributed by atoms with E-state index in [2.05, 4.69) is 35.6 Å². The van der Waals surface area contributed by atoms with Gasteiger partial charge in [-0.1, -0.05) is 26.7 Å². The quantitative estimate of drug-likeness (QED) is 0.806. The van der Waals surface area contributed by atoms with Crippen LogP contribution in [0.2, 0.25) is 5.28 Å². The van der Waals surface area contributed by atoms with Crippen LogP contribution in [-0.4, -0.2) is 23.1 Å². The standard InChI is InChI=1S/C13H23ClN4/c1-5-10(6-2)8-18(7-3)12-11(15)9(4)16-13(14)17-12/h10H,5-8,15H2,1-4H3. The monoisotopic (exact) mass is 270 g/mol. The second-order valence-electron chi connectivity index (χ2n) is 4.54. The van der Waals surface area contributed by atoms with E-state index in [9.17, 15) is 0 Å². The van der Waals surface area contributed by atoms with Crippen LogP contribution in [0.5, 0.6) is 0 Å². The number of hydrogen-bond donors (Lipinski definition) is 1. The minimum Gasteiger partial charge on any atom is -0.394 e. The van der Waals surface area contributed by atoms with Gasteiger partial charge in [0.2, 0.25) is 5.28 Å². The van der Waals surface area contributed by atoms with Crippen LogP contribution < -0.4 is 10.6 Å². The molecule has 0 aliphatic carbocycles. The summed E-state index contributed by atoms with van der Waals surface area (Å²) in [5.41, 5.74) is 7.44. The number of nitrogens with zero attached hydrogens (tertiary/aromatic N) is 3. The van der Waals surface area contributed by atoms with Crippen LogP contribution in [0, 0.1) is 12.8 Å². The maximum absolute atomic E-state index is 6.06. The highest BCUT2D eigenvalue weighted by Gasteiger charge is 2.16. The minimum absolute atomic E-state index is 0.264. The number of anilines is 2. The van der Waals surface area contributed by atoms with E-state index in [4.69, 9.17) is 17.3 Å². The lowest BCUT2D eigenvalue weighted by Gasteiger charge is -2.27. The van der Waals surface area contributed by atoms with Crippen LogP contribution in [0.3, 0.4) is 0 Å². The van der Waals surface area contributed by atoms with Gasteiger partial charge in [0.15, 0.2) is 5.82 Å². The van der Waals surface area contributed by atoms with Crippen molar-refractivity contribution in [2.75, 3.05) is 23.7 Å². The van der Waals surface area contributed by atoms with Crippen LogP contribution >= 0.6 is 11.6 Å². The van der Waals surface area contributed by atoms with E-state index in [0.29, 0.717) is 11.6 Å². The Morgan fingerprint density at radius 1 is 1.22 bits per heavy atom. The van der Waals surface area contributed by atoms with Crippen molar-refractivity contribution >= 4 is 23.1 Å². The van der Waals surface area contributed by atoms with Gasteiger partial charge in [0.1, 0.15) is 0 Å². The summed E-state index contributed by atoms with van der Waals surface area (Å²) in [6.45, 7) is 10.2. The number of aromatic nitrogens is 2. The molecule has 0 fully saturated rings. The fraction of sp³-hybridized carbons (Fsp3) is 0.692. The lowest BCUT2D eigenvalue weighted by molar-refractivity contribution is 0.484. The average molecular weight is 271 g/mol. The molecule has 0 aliphatic heterocycles. The Bertz CT molecular complexity index is 391. The first-order valence-corrected chi connectivity index (χ1v) is 6.95. The van der Waals surface area contributed by atoms with Gasteiger partial charge in [-0.25, -0.2) is 4.98 Å². The van der Waals surface area contributed by atoms with E-state index in [1.807, 2.05) is 6.92 Å². The first-order chi connectivity index (χ1) is 8.53. The van der Waals surface area contributed by atoms with Gasteiger partial charge in [-0.2, -0.15) is 4.98 Å². The second-order valence-corrected chi connectivity index (χ2v) is 4.87. The zero-order valence-electron chi connectivity index (χ0n) is 11.7. The van der Waals surface area contributed by atoms with E-state index < -0.39 is 0 Å². The smallest absolute Gasteiger partial charge is 0.224 e. The van der Waals surface area contributed by atoms with Crippen molar-refractivity contribution in [1.29, 1.82) is 0 Å². The lowest BCUT2D eigenvalue weighted by Crippen LogP contribution is -2.30. The zero-order chi connectivity index (χ0) is 13.7. The van der Waals surface area contributed by atoms with Crippen molar-refractivity contribution in [2.24, 2.45) is 5.92 Å². The molecule has 0 spiro atoms. The van der Waals surface area contributed by atoms with Crippen molar-refractivity contribution in [3.63, 3.8) is 0 Å². The molecule has 0 radical (unpaired) electrons. The highest BCUT2D eigenvalue weighted by molar-refractivity contribution is 6.28. The number of nitrogen functional groups attached to an aromatic ring is 1. The molecule has 18 heavy (non-hydrogen) atoms. The number of halogens is 1. The Labute approximate surface area is 115 Å². The maximum atomic E-state index is 6.06. The first-order valence-electron chi connectivity index (χ1n) is 6.57. The van der Waals surface area contributed by atoms with Crippen LogP contribution in [0.4, 0.5) is 11.5 Å². The summed E-state index contributed by atoms with van der Waals surface area (Å²) in [7, 11) is 0. The van der Waals surface area contributed by atoms with Gasteiger partial charge in [0, 0.05) is 13.1 Å². The number of hydrogen-bond acceptors (Lipinski definition) is 4. The zero-order valence-corrected chi connectivity index (χ0v) is 12.5. The van der Waals surface area contributed by atoms with E-state index in [1.165, 1.54) is 0 Å². The summed E-state index contributed by atoms with van der Waals surface area (Å²) in [6.07, 6.45) is 2.31. The first kappa shape index (κ1) is 15.0. The largest absolute Gasteiger partial charge is 0.394 e. The second kappa shape index (κ2) is 6.78. The van der Waals surface area contributed by atoms with Gasteiger partial charge in [0.25, 0.3) is 0 Å². The van der Waals surface area contributed by atoms with Crippen molar-refractivity contribution in [2.45, 2.75) is 40.5 Å². The number of nitrogens with two attached hydrogens (primary N) is 1. The van der Waals surface area contributed by atoms with Gasteiger partial charge in [-0.15, -0.1) is 0 Å². The molecule has 4 nitrogen and oxygen atoms in total. The molecule has 0 saturated carbocycles. The van der Waals surface area contributed by atoms with E-state index in [1.54, 1.807) is 0 Å². The van der Waals surface area contributed by atoms with E-state index >= 15 is 0 Å². The van der Waals surface area contributed by atoms with Crippen molar-refractivity contribution < 1.29 is 0 Å². The highest BCUT2D eigenvalue weighted by Crippen LogP contribution is 2.26. The summed E-state index contributed by atoms with van der Waals surface area (Å²) in [5.74, 6) is 1.42. The molecule has 0 bridgehead atoms. The van der Waals surface area contributed by atoms with E-state index in [-0.39, 0.29) is 5.28 Å². The molecule has 0 aliphatic rings. The van der Waals surface area contributed by atoms with Gasteiger partial charge in [-0.05, 0) is 31.4 Å². The molecule has 1 heterocycles. The molecule has 5 heteroatoms. The summed E-state index contributed by atoms with van der Waals surface area (Å²) in [6, 6.07) is 0. The summed E-state index contributed by atoms with van der Waals surface area (Å²) >= 11 is 5.92. The Balaban J connectivity index is 3.01. The van der Waals surface area contributed by atoms with Crippen molar-refractivity contribution in [1.82, 2.24) is 9.97 Å². The summed E-state index contributed by atoms with van der Waals surface area (Å²) < 4.78 is 0. The third-order valence-electron chi connectivity index (χ3n) is 3.40. The molecule has 1 aromatic heterocycles. The van der Waals surface area contributed by atoms with Crippen molar-refractivity contribution in [3.05, 3.63) is 11.0 Å². The normalized spacial score (nSPS) is 11.0. The fourth-order valence-corrected chi connectivity index (χ4v) is 2.20. The Morgan fingerprint density at radius 3 is 2.33 bits per heavy atom. The van der Waals surface area contributed by atoms with Crippen LogP contribution in [-0.2, 0) is 0 Å². The lowest BCUT2D eigenvalue weighted by atomic mass is 10.0. The molecule has 102 valence electrons. The van der Waals surface area contributed by atoms with Gasteiger partial charge >= 0.3 is 0 Å². The molecular weight excluding hydrogens is 248 g/mol. The average Bonchev–Trinajstić information content (AvgIpc) is 2.36. The highest BCUT2D eigenvalue weighted by atomic mass is 35.5. The summed E-state index contributed by atoms with van der Waals surface area (Å²) in [4.78, 5) is 10.5. The molecular formula is C13H23ClN4. The predicted molar refractivity (Wildman–Crippen MR) is 78.2 cm³/mol. The SMILES string of the molecule is CCC(CC)CN(CC)c1nc(Cl)nc(C)c1N. The third-order valence-corrected chi connectivity index (χ3v) is 3.57. The number of aryl methyl sites for hydroxylation is 1. The van der Waals surface area contributed by atoms with Crippen LogP contribution in [0.15, 0.2) is 0 Å². The molecule has 0 unspecified atom stereocenters. The maximum Gasteiger partial charge on any atom is 0.224 e. The van der Waals surface area contributed by atoms with Gasteiger partial charge in [-0.3, -0.25) is 0 Å². The van der Waals surface area contributed by atoms with Crippen LogP contribution in [0.1, 0.15) is 39.3 Å². The fourth-order valence-electron chi connectivity index (χ4n) is 2.00. The predicted octanol–water partition coefficient (Wildman–Crippen LogP) is 3.28. The van der Waals surface area contributed by atoms with Crippen LogP contribution in [0.25, 0.3) is 0 Å². The Hall–Kier alpha value is -1.03. The van der Waals surface area contributed by atoms with Gasteiger partial charge in [0.05, 0.1) is 11.4 Å². The Morgan fingerprint density at radius 2 is 1.83 bits per heavy atom. The number of rotatable bonds is 6. The molecule has 0 atom stereocenters. The third kappa shape index (κ3) is 3.48. The topological polar surface area (TPSA) is 55.0 Å². The molecule has 2 N–H and O–H groups in total. The summed E-state index contributed by atoms with van der Waals surface area (Å²) in [5, 5.41) is 0.264. The molecule has 1 rings (SSSR count). The van der Waals surface area contributed by atoms with Gasteiger partial charge < -0.3 is 10.6 Å². The van der Waals surface area contributed by atoms with E-state index in [0.717, 1.165) is 37.4 Å². The molecule has 0 saturated heterocycles. The molecule has 0 amide bonds. The molecule has 1 aromatic rings. The molecule has 0 aromatic carbocycles. The minimum atomic E-state index is 0.264.